The van der Waals surface area contributed by atoms with Crippen LogP contribution in [0.3, 0.4) is 0 Å². The summed E-state index contributed by atoms with van der Waals surface area (Å²) in [4.78, 5) is 11.2. The van der Waals surface area contributed by atoms with Gasteiger partial charge in [-0.15, -0.1) is 0 Å². The Morgan fingerprint density at radius 1 is 1.57 bits per heavy atom. The summed E-state index contributed by atoms with van der Waals surface area (Å²) in [7, 11) is 0. The zero-order valence-corrected chi connectivity index (χ0v) is 9.82. The first-order valence-corrected chi connectivity index (χ1v) is 6.41. The number of carbonyl (C=O) groups excluding carboxylic acids is 1. The SMILES string of the molecule is CC(C)NC(=O)CNCC1CCSC1. The summed E-state index contributed by atoms with van der Waals surface area (Å²) in [6.07, 6.45) is 1.30. The molecule has 2 N–H and O–H groups in total. The fourth-order valence-electron chi connectivity index (χ4n) is 1.51. The molecule has 0 aromatic carbocycles. The van der Waals surface area contributed by atoms with Crippen LogP contribution < -0.4 is 10.6 Å². The molecule has 1 fully saturated rings. The van der Waals surface area contributed by atoms with Crippen molar-refractivity contribution in [3.63, 3.8) is 0 Å². The minimum absolute atomic E-state index is 0.102. The van der Waals surface area contributed by atoms with Gasteiger partial charge < -0.3 is 10.6 Å². The topological polar surface area (TPSA) is 41.1 Å². The van der Waals surface area contributed by atoms with Gasteiger partial charge in [-0.2, -0.15) is 11.8 Å². The zero-order chi connectivity index (χ0) is 10.4. The van der Waals surface area contributed by atoms with Gasteiger partial charge in [-0.3, -0.25) is 4.79 Å². The molecular formula is C10H20N2OS. The van der Waals surface area contributed by atoms with Crippen LogP contribution in [-0.4, -0.2) is 36.5 Å². The third-order valence-corrected chi connectivity index (χ3v) is 3.42. The predicted octanol–water partition coefficient (Wildman–Crippen LogP) is 0.854. The van der Waals surface area contributed by atoms with Crippen LogP contribution in [0.2, 0.25) is 0 Å². The third kappa shape index (κ3) is 4.86. The molecule has 1 heterocycles. The lowest BCUT2D eigenvalue weighted by Crippen LogP contribution is -2.39. The highest BCUT2D eigenvalue weighted by molar-refractivity contribution is 7.99. The third-order valence-electron chi connectivity index (χ3n) is 2.19. The van der Waals surface area contributed by atoms with Crippen molar-refractivity contribution in [2.75, 3.05) is 24.6 Å². The van der Waals surface area contributed by atoms with E-state index in [1.807, 2.05) is 25.6 Å². The molecule has 0 saturated carbocycles. The fourth-order valence-corrected chi connectivity index (χ4v) is 2.79. The highest BCUT2D eigenvalue weighted by atomic mass is 32.2. The fraction of sp³-hybridized carbons (Fsp3) is 0.900. The number of rotatable bonds is 5. The van der Waals surface area contributed by atoms with E-state index in [0.29, 0.717) is 6.54 Å². The molecule has 4 heteroatoms. The van der Waals surface area contributed by atoms with E-state index in [9.17, 15) is 4.79 Å². The van der Waals surface area contributed by atoms with Crippen molar-refractivity contribution in [1.82, 2.24) is 10.6 Å². The van der Waals surface area contributed by atoms with Crippen LogP contribution in [0.1, 0.15) is 20.3 Å². The van der Waals surface area contributed by atoms with Gasteiger partial charge in [0.2, 0.25) is 5.91 Å². The Hall–Kier alpha value is -0.220. The lowest BCUT2D eigenvalue weighted by Gasteiger charge is -2.11. The van der Waals surface area contributed by atoms with E-state index in [0.717, 1.165) is 12.5 Å². The van der Waals surface area contributed by atoms with Crippen LogP contribution in [0.25, 0.3) is 0 Å². The molecule has 3 nitrogen and oxygen atoms in total. The molecule has 0 radical (unpaired) electrons. The van der Waals surface area contributed by atoms with E-state index < -0.39 is 0 Å². The normalized spacial score (nSPS) is 21.5. The molecular weight excluding hydrogens is 196 g/mol. The predicted molar refractivity (Wildman–Crippen MR) is 61.6 cm³/mol. The number of amides is 1. The Bertz CT molecular complexity index is 179. The standard InChI is InChI=1S/C10H20N2OS/c1-8(2)12-10(13)6-11-5-9-3-4-14-7-9/h8-9,11H,3-7H2,1-2H3,(H,12,13). The van der Waals surface area contributed by atoms with E-state index in [2.05, 4.69) is 10.6 Å². The highest BCUT2D eigenvalue weighted by Gasteiger charge is 2.15. The number of thioether (sulfide) groups is 1. The van der Waals surface area contributed by atoms with E-state index in [4.69, 9.17) is 0 Å². The maximum atomic E-state index is 11.2. The first-order valence-electron chi connectivity index (χ1n) is 5.26. The number of nitrogens with one attached hydrogen (secondary N) is 2. The second kappa shape index (κ2) is 6.30. The molecule has 1 aliphatic heterocycles. The van der Waals surface area contributed by atoms with Crippen LogP contribution in [-0.2, 0) is 4.79 Å². The van der Waals surface area contributed by atoms with Gasteiger partial charge in [-0.25, -0.2) is 0 Å². The Morgan fingerprint density at radius 3 is 2.93 bits per heavy atom. The Balaban J connectivity index is 1.99. The van der Waals surface area contributed by atoms with E-state index in [1.54, 1.807) is 0 Å². The van der Waals surface area contributed by atoms with Gasteiger partial charge in [0.05, 0.1) is 6.54 Å². The van der Waals surface area contributed by atoms with Gasteiger partial charge in [0.15, 0.2) is 0 Å². The van der Waals surface area contributed by atoms with Crippen molar-refractivity contribution in [2.45, 2.75) is 26.3 Å². The van der Waals surface area contributed by atoms with E-state index in [1.165, 1.54) is 17.9 Å². The van der Waals surface area contributed by atoms with Crippen molar-refractivity contribution < 1.29 is 4.79 Å². The molecule has 0 aromatic heterocycles. The average molecular weight is 216 g/mol. The van der Waals surface area contributed by atoms with Crippen LogP contribution in [0, 0.1) is 5.92 Å². The molecule has 1 aliphatic rings. The second-order valence-corrected chi connectivity index (χ2v) is 5.23. The van der Waals surface area contributed by atoms with Crippen LogP contribution in [0.15, 0.2) is 0 Å². The quantitative estimate of drug-likeness (QED) is 0.716. The molecule has 0 aromatic rings. The average Bonchev–Trinajstić information content (AvgIpc) is 2.55. The first kappa shape index (κ1) is 11.9. The minimum Gasteiger partial charge on any atom is -0.353 e. The van der Waals surface area contributed by atoms with Gasteiger partial charge in [0, 0.05) is 6.04 Å². The highest BCUT2D eigenvalue weighted by Crippen LogP contribution is 2.22. The first-order chi connectivity index (χ1) is 6.68. The molecule has 1 unspecified atom stereocenters. The smallest absolute Gasteiger partial charge is 0.234 e. The number of hydrogen-bond donors (Lipinski definition) is 2. The second-order valence-electron chi connectivity index (χ2n) is 4.08. The molecule has 0 aliphatic carbocycles. The van der Waals surface area contributed by atoms with Gasteiger partial charge in [0.25, 0.3) is 0 Å². The summed E-state index contributed by atoms with van der Waals surface area (Å²) in [6.45, 7) is 5.40. The summed E-state index contributed by atoms with van der Waals surface area (Å²) >= 11 is 2.01. The van der Waals surface area contributed by atoms with Gasteiger partial charge in [0.1, 0.15) is 0 Å². The lowest BCUT2D eigenvalue weighted by molar-refractivity contribution is -0.120. The van der Waals surface area contributed by atoms with Gasteiger partial charge in [-0.05, 0) is 44.2 Å². The molecule has 82 valence electrons. The summed E-state index contributed by atoms with van der Waals surface area (Å²) in [5.41, 5.74) is 0. The largest absolute Gasteiger partial charge is 0.353 e. The summed E-state index contributed by atoms with van der Waals surface area (Å²) in [5.74, 6) is 3.40. The van der Waals surface area contributed by atoms with Crippen LogP contribution in [0.4, 0.5) is 0 Å². The van der Waals surface area contributed by atoms with Gasteiger partial charge in [-0.1, -0.05) is 0 Å². The summed E-state index contributed by atoms with van der Waals surface area (Å²) in [5, 5.41) is 6.07. The molecule has 1 atom stereocenters. The van der Waals surface area contributed by atoms with Crippen LogP contribution in [0.5, 0.6) is 0 Å². The summed E-state index contributed by atoms with van der Waals surface area (Å²) < 4.78 is 0. The molecule has 0 bridgehead atoms. The Labute approximate surface area is 90.4 Å². The minimum atomic E-state index is 0.102. The van der Waals surface area contributed by atoms with Gasteiger partial charge >= 0.3 is 0 Å². The molecule has 0 spiro atoms. The van der Waals surface area contributed by atoms with Crippen molar-refractivity contribution in [1.29, 1.82) is 0 Å². The number of carbonyl (C=O) groups is 1. The molecule has 14 heavy (non-hydrogen) atoms. The lowest BCUT2D eigenvalue weighted by atomic mass is 10.1. The summed E-state index contributed by atoms with van der Waals surface area (Å²) in [6, 6.07) is 0.242. The molecule has 1 saturated heterocycles. The Morgan fingerprint density at radius 2 is 2.36 bits per heavy atom. The van der Waals surface area contributed by atoms with Crippen molar-refractivity contribution in [3.05, 3.63) is 0 Å². The number of hydrogen-bond acceptors (Lipinski definition) is 3. The van der Waals surface area contributed by atoms with E-state index in [-0.39, 0.29) is 11.9 Å². The maximum absolute atomic E-state index is 11.2. The van der Waals surface area contributed by atoms with Crippen molar-refractivity contribution >= 4 is 17.7 Å². The molecule has 1 amide bonds. The molecule has 1 rings (SSSR count). The monoisotopic (exact) mass is 216 g/mol. The van der Waals surface area contributed by atoms with E-state index >= 15 is 0 Å². The van der Waals surface area contributed by atoms with Crippen LogP contribution >= 0.6 is 11.8 Å². The zero-order valence-electron chi connectivity index (χ0n) is 9.01. The van der Waals surface area contributed by atoms with Crippen molar-refractivity contribution in [2.24, 2.45) is 5.92 Å². The van der Waals surface area contributed by atoms with Crippen molar-refractivity contribution in [3.8, 4) is 0 Å². The Kier molecular flexibility index (Phi) is 5.33. The maximum Gasteiger partial charge on any atom is 0.234 e.